The van der Waals surface area contributed by atoms with Crippen LogP contribution >= 0.6 is 0 Å². The molecule has 1 aromatic rings. The minimum atomic E-state index is 0.821. The van der Waals surface area contributed by atoms with Gasteiger partial charge in [-0.05, 0) is 31.8 Å². The van der Waals surface area contributed by atoms with Gasteiger partial charge in [0, 0.05) is 12.2 Å². The van der Waals surface area contributed by atoms with Crippen LogP contribution in [0.15, 0.2) is 18.2 Å². The van der Waals surface area contributed by atoms with Gasteiger partial charge in [0.15, 0.2) is 0 Å². The van der Waals surface area contributed by atoms with Crippen LogP contribution in [-0.4, -0.2) is 19.0 Å². The Kier molecular flexibility index (Phi) is 2.49. The van der Waals surface area contributed by atoms with Crippen molar-refractivity contribution in [3.05, 3.63) is 29.8 Å². The van der Waals surface area contributed by atoms with Crippen LogP contribution in [0.5, 0.6) is 0 Å². The number of hydrogen-bond acceptors (Lipinski definition) is 2. The lowest BCUT2D eigenvalue weighted by Gasteiger charge is -2.10. The number of benzene rings is 1. The molecule has 0 saturated heterocycles. The maximum absolute atomic E-state index is 5.71. The van der Waals surface area contributed by atoms with Crippen LogP contribution < -0.4 is 5.73 Å². The molecule has 2 heteroatoms. The number of nitrogens with two attached hydrogens (primary N) is 1. The van der Waals surface area contributed by atoms with E-state index in [0.29, 0.717) is 0 Å². The van der Waals surface area contributed by atoms with Crippen LogP contribution in [0.25, 0.3) is 0 Å². The molecule has 2 nitrogen and oxygen atoms in total. The zero-order chi connectivity index (χ0) is 8.27. The van der Waals surface area contributed by atoms with Crippen LogP contribution in [0, 0.1) is 6.07 Å². The normalized spacial score (nSPS) is 10.5. The van der Waals surface area contributed by atoms with Crippen LogP contribution in [0.3, 0.4) is 0 Å². The van der Waals surface area contributed by atoms with Crippen molar-refractivity contribution >= 4 is 5.69 Å². The van der Waals surface area contributed by atoms with Crippen LogP contribution in [0.1, 0.15) is 5.56 Å². The molecule has 1 aromatic carbocycles. The molecular weight excluding hydrogens is 136 g/mol. The van der Waals surface area contributed by atoms with Crippen molar-refractivity contribution in [3.8, 4) is 0 Å². The molecule has 0 aromatic heterocycles. The quantitative estimate of drug-likeness (QED) is 0.639. The summed E-state index contributed by atoms with van der Waals surface area (Å²) in [6, 6.07) is 8.61. The van der Waals surface area contributed by atoms with E-state index in [4.69, 9.17) is 5.73 Å². The van der Waals surface area contributed by atoms with Gasteiger partial charge in [0.1, 0.15) is 0 Å². The fourth-order valence-electron chi connectivity index (χ4n) is 0.960. The molecular formula is C9H13N2. The Morgan fingerprint density at radius 1 is 1.55 bits per heavy atom. The highest BCUT2D eigenvalue weighted by Gasteiger charge is 1.97. The summed E-state index contributed by atoms with van der Waals surface area (Å²) in [5.74, 6) is 0. The smallest absolute Gasteiger partial charge is 0.0365 e. The molecule has 0 aliphatic heterocycles. The van der Waals surface area contributed by atoms with E-state index in [-0.39, 0.29) is 0 Å². The second kappa shape index (κ2) is 3.39. The monoisotopic (exact) mass is 149 g/mol. The van der Waals surface area contributed by atoms with E-state index >= 15 is 0 Å². The molecule has 0 aliphatic rings. The second-order valence-corrected chi connectivity index (χ2v) is 2.86. The summed E-state index contributed by atoms with van der Waals surface area (Å²) in [4.78, 5) is 2.09. The molecule has 0 unspecified atom stereocenters. The SMILES string of the molecule is CN(C)Cc1cc[c]cc1N. The van der Waals surface area contributed by atoms with E-state index in [1.807, 2.05) is 26.2 Å². The first-order valence-electron chi connectivity index (χ1n) is 3.59. The highest BCUT2D eigenvalue weighted by Crippen LogP contribution is 2.10. The number of rotatable bonds is 2. The standard InChI is InChI=1S/C9H13N2/c1-11(2)7-8-5-3-4-6-9(8)10/h3,5-6H,7,10H2,1-2H3. The van der Waals surface area contributed by atoms with Crippen LogP contribution in [-0.2, 0) is 6.54 Å². The number of anilines is 1. The minimum Gasteiger partial charge on any atom is -0.398 e. The number of hydrogen-bond donors (Lipinski definition) is 1. The highest BCUT2D eigenvalue weighted by molar-refractivity contribution is 5.45. The lowest BCUT2D eigenvalue weighted by Crippen LogP contribution is -2.11. The van der Waals surface area contributed by atoms with Crippen molar-refractivity contribution < 1.29 is 0 Å². The van der Waals surface area contributed by atoms with Crippen LogP contribution in [0.4, 0.5) is 5.69 Å². The molecule has 11 heavy (non-hydrogen) atoms. The van der Waals surface area contributed by atoms with Gasteiger partial charge in [0.25, 0.3) is 0 Å². The maximum atomic E-state index is 5.71. The molecule has 0 spiro atoms. The average molecular weight is 149 g/mol. The summed E-state index contributed by atoms with van der Waals surface area (Å²) >= 11 is 0. The Morgan fingerprint density at radius 2 is 2.27 bits per heavy atom. The third-order valence-electron chi connectivity index (χ3n) is 1.48. The van der Waals surface area contributed by atoms with Crippen LogP contribution in [0.2, 0.25) is 0 Å². The van der Waals surface area contributed by atoms with Gasteiger partial charge < -0.3 is 10.6 Å². The van der Waals surface area contributed by atoms with E-state index < -0.39 is 0 Å². The lowest BCUT2D eigenvalue weighted by molar-refractivity contribution is 0.403. The van der Waals surface area contributed by atoms with E-state index in [0.717, 1.165) is 17.8 Å². The Labute approximate surface area is 67.6 Å². The average Bonchev–Trinajstić information content (AvgIpc) is 1.93. The zero-order valence-electron chi connectivity index (χ0n) is 6.96. The molecule has 0 fully saturated rings. The predicted molar refractivity (Wildman–Crippen MR) is 47.1 cm³/mol. The maximum Gasteiger partial charge on any atom is 0.0365 e. The van der Waals surface area contributed by atoms with Gasteiger partial charge in [-0.3, -0.25) is 0 Å². The largest absolute Gasteiger partial charge is 0.398 e. The molecule has 2 N–H and O–H groups in total. The van der Waals surface area contributed by atoms with Crippen molar-refractivity contribution in [2.24, 2.45) is 0 Å². The van der Waals surface area contributed by atoms with Gasteiger partial charge in [-0.2, -0.15) is 0 Å². The third-order valence-corrected chi connectivity index (χ3v) is 1.48. The first kappa shape index (κ1) is 8.08. The summed E-state index contributed by atoms with van der Waals surface area (Å²) in [6.07, 6.45) is 0. The topological polar surface area (TPSA) is 29.3 Å². The summed E-state index contributed by atoms with van der Waals surface area (Å²) in [6.45, 7) is 0.889. The summed E-state index contributed by atoms with van der Waals surface area (Å²) in [7, 11) is 4.05. The minimum absolute atomic E-state index is 0.821. The number of nitrogens with zero attached hydrogens (tertiary/aromatic N) is 1. The number of nitrogen functional groups attached to an aromatic ring is 1. The van der Waals surface area contributed by atoms with Crippen molar-refractivity contribution in [1.29, 1.82) is 0 Å². The van der Waals surface area contributed by atoms with E-state index in [1.54, 1.807) is 6.07 Å². The molecule has 0 saturated carbocycles. The van der Waals surface area contributed by atoms with Gasteiger partial charge in [-0.25, -0.2) is 0 Å². The van der Waals surface area contributed by atoms with Gasteiger partial charge in [0.2, 0.25) is 0 Å². The molecule has 0 aliphatic carbocycles. The van der Waals surface area contributed by atoms with Gasteiger partial charge in [0.05, 0.1) is 0 Å². The Morgan fingerprint density at radius 3 is 2.82 bits per heavy atom. The Bertz CT molecular complexity index is 231. The van der Waals surface area contributed by atoms with Gasteiger partial charge >= 0.3 is 0 Å². The van der Waals surface area contributed by atoms with Gasteiger partial charge in [-0.1, -0.05) is 12.1 Å². The molecule has 59 valence electrons. The zero-order valence-corrected chi connectivity index (χ0v) is 6.96. The summed E-state index contributed by atoms with van der Waals surface area (Å²) in [5, 5.41) is 0. The fraction of sp³-hybridized carbons (Fsp3) is 0.333. The lowest BCUT2D eigenvalue weighted by atomic mass is 10.2. The molecule has 0 amide bonds. The molecule has 0 atom stereocenters. The van der Waals surface area contributed by atoms with Gasteiger partial charge in [-0.15, -0.1) is 0 Å². The first-order chi connectivity index (χ1) is 5.20. The fourth-order valence-corrected chi connectivity index (χ4v) is 0.960. The third kappa shape index (κ3) is 2.24. The van der Waals surface area contributed by atoms with Crippen molar-refractivity contribution in [2.75, 3.05) is 19.8 Å². The Hall–Kier alpha value is -1.02. The molecule has 1 radical (unpaired) electrons. The van der Waals surface area contributed by atoms with E-state index in [9.17, 15) is 0 Å². The van der Waals surface area contributed by atoms with Crippen molar-refractivity contribution in [2.45, 2.75) is 6.54 Å². The van der Waals surface area contributed by atoms with Crippen molar-refractivity contribution in [1.82, 2.24) is 4.90 Å². The Balaban J connectivity index is 2.78. The molecule has 0 bridgehead atoms. The highest BCUT2D eigenvalue weighted by atomic mass is 15.0. The second-order valence-electron chi connectivity index (χ2n) is 2.86. The molecule has 0 heterocycles. The summed E-state index contributed by atoms with van der Waals surface area (Å²) < 4.78 is 0. The first-order valence-corrected chi connectivity index (χ1v) is 3.59. The predicted octanol–water partition coefficient (Wildman–Crippen LogP) is 1.13. The summed E-state index contributed by atoms with van der Waals surface area (Å²) in [5.41, 5.74) is 7.69. The van der Waals surface area contributed by atoms with E-state index in [2.05, 4.69) is 11.0 Å². The van der Waals surface area contributed by atoms with Crippen molar-refractivity contribution in [3.63, 3.8) is 0 Å². The molecule has 1 rings (SSSR count). The van der Waals surface area contributed by atoms with E-state index in [1.165, 1.54) is 0 Å².